The molecule has 1 aliphatic rings. The molecular weight excluding hydrogens is 554 g/mol. The molecule has 34 heavy (non-hydrogen) atoms. The standard InChI is InChI=1S/C27H33F3INO2/c1-18(2)4-13-24(20-5-9-22(10-6-20)27(28,29)30)32-15-14-19(17-26(33)34-3)16-25(32)21-7-11-23(31)12-8-21/h5-12,18-19,24-25H,4,13-17H2,1-3H3/t19-,24-,25+/m1/s1. The number of hydrogen-bond acceptors (Lipinski definition) is 3. The summed E-state index contributed by atoms with van der Waals surface area (Å²) in [5.74, 6) is 0.510. The molecule has 3 atom stereocenters. The van der Waals surface area contributed by atoms with Crippen molar-refractivity contribution in [1.29, 1.82) is 0 Å². The van der Waals surface area contributed by atoms with E-state index >= 15 is 0 Å². The number of carbonyl (C=O) groups excluding carboxylic acids is 1. The van der Waals surface area contributed by atoms with Gasteiger partial charge in [-0.15, -0.1) is 0 Å². The Hall–Kier alpha value is -1.61. The summed E-state index contributed by atoms with van der Waals surface area (Å²) >= 11 is 2.28. The summed E-state index contributed by atoms with van der Waals surface area (Å²) in [7, 11) is 1.42. The molecule has 0 radical (unpaired) electrons. The molecule has 186 valence electrons. The topological polar surface area (TPSA) is 29.5 Å². The van der Waals surface area contributed by atoms with E-state index in [2.05, 4.69) is 65.6 Å². The van der Waals surface area contributed by atoms with Gasteiger partial charge in [-0.1, -0.05) is 38.1 Å². The molecule has 0 saturated carbocycles. The smallest absolute Gasteiger partial charge is 0.416 e. The first kappa shape index (κ1) is 27.0. The number of halogens is 4. The Bertz CT molecular complexity index is 928. The maximum atomic E-state index is 13.2. The summed E-state index contributed by atoms with van der Waals surface area (Å²) in [5.41, 5.74) is 1.47. The molecule has 0 bridgehead atoms. The van der Waals surface area contributed by atoms with Crippen LogP contribution in [0.1, 0.15) is 74.7 Å². The third kappa shape index (κ3) is 7.20. The molecule has 1 aliphatic heterocycles. The lowest BCUT2D eigenvalue weighted by atomic mass is 9.82. The predicted octanol–water partition coefficient (Wildman–Crippen LogP) is 7.80. The van der Waals surface area contributed by atoms with Crippen molar-refractivity contribution in [2.24, 2.45) is 11.8 Å². The van der Waals surface area contributed by atoms with Gasteiger partial charge in [0.05, 0.1) is 12.7 Å². The highest BCUT2D eigenvalue weighted by atomic mass is 127. The number of esters is 1. The second kappa shape index (κ2) is 11.9. The van der Waals surface area contributed by atoms with E-state index in [1.54, 1.807) is 12.1 Å². The van der Waals surface area contributed by atoms with Crippen LogP contribution in [0, 0.1) is 15.4 Å². The van der Waals surface area contributed by atoms with E-state index in [9.17, 15) is 18.0 Å². The molecule has 2 aromatic carbocycles. The minimum atomic E-state index is -4.35. The first-order valence-corrected chi connectivity index (χ1v) is 12.9. The molecule has 1 fully saturated rings. The van der Waals surface area contributed by atoms with Crippen LogP contribution >= 0.6 is 22.6 Å². The van der Waals surface area contributed by atoms with Gasteiger partial charge in [0.2, 0.25) is 0 Å². The Morgan fingerprint density at radius 2 is 1.74 bits per heavy atom. The van der Waals surface area contributed by atoms with Crippen molar-refractivity contribution in [3.05, 3.63) is 68.8 Å². The summed E-state index contributed by atoms with van der Waals surface area (Å²) in [6, 6.07) is 14.2. The molecule has 2 aromatic rings. The number of benzene rings is 2. The fourth-order valence-electron chi connectivity index (χ4n) is 4.86. The van der Waals surface area contributed by atoms with Gasteiger partial charge in [-0.05, 0) is 102 Å². The minimum Gasteiger partial charge on any atom is -0.469 e. The molecule has 0 N–H and O–H groups in total. The Kier molecular flexibility index (Phi) is 9.43. The molecule has 0 unspecified atom stereocenters. The second-order valence-electron chi connectivity index (χ2n) is 9.58. The third-order valence-electron chi connectivity index (χ3n) is 6.73. The van der Waals surface area contributed by atoms with E-state index in [-0.39, 0.29) is 24.0 Å². The van der Waals surface area contributed by atoms with Crippen LogP contribution in [0.3, 0.4) is 0 Å². The number of ether oxygens (including phenoxy) is 1. The van der Waals surface area contributed by atoms with Crippen LogP contribution in [0.2, 0.25) is 0 Å². The second-order valence-corrected chi connectivity index (χ2v) is 10.8. The largest absolute Gasteiger partial charge is 0.469 e. The molecule has 0 spiro atoms. The van der Waals surface area contributed by atoms with Crippen molar-refractivity contribution in [2.45, 2.75) is 64.2 Å². The van der Waals surface area contributed by atoms with Gasteiger partial charge in [0.25, 0.3) is 0 Å². The van der Waals surface area contributed by atoms with E-state index in [1.165, 1.54) is 24.8 Å². The Balaban J connectivity index is 1.95. The number of nitrogens with zero attached hydrogens (tertiary/aromatic N) is 1. The number of piperidine rings is 1. The number of rotatable bonds is 8. The summed E-state index contributed by atoms with van der Waals surface area (Å²) in [4.78, 5) is 14.4. The van der Waals surface area contributed by atoms with Crippen LogP contribution in [-0.4, -0.2) is 24.5 Å². The average Bonchev–Trinajstić information content (AvgIpc) is 2.80. The number of carbonyl (C=O) groups is 1. The Morgan fingerprint density at radius 1 is 1.09 bits per heavy atom. The summed E-state index contributed by atoms with van der Waals surface area (Å²) in [5, 5.41) is 0. The first-order chi connectivity index (χ1) is 16.1. The van der Waals surface area contributed by atoms with E-state index < -0.39 is 11.7 Å². The number of alkyl halides is 3. The SMILES string of the molecule is COC(=O)C[C@@H]1CCN([C@H](CCC(C)C)c2ccc(C(F)(F)F)cc2)[C@H](c2ccc(I)cc2)C1. The average molecular weight is 587 g/mol. The van der Waals surface area contributed by atoms with Crippen molar-refractivity contribution in [1.82, 2.24) is 4.90 Å². The lowest BCUT2D eigenvalue weighted by molar-refractivity contribution is -0.142. The maximum absolute atomic E-state index is 13.2. The lowest BCUT2D eigenvalue weighted by Gasteiger charge is -2.44. The van der Waals surface area contributed by atoms with Crippen LogP contribution in [0.15, 0.2) is 48.5 Å². The molecule has 1 saturated heterocycles. The van der Waals surface area contributed by atoms with E-state index in [1.807, 2.05) is 0 Å². The van der Waals surface area contributed by atoms with Crippen molar-refractivity contribution >= 4 is 28.6 Å². The summed E-state index contributed by atoms with van der Waals surface area (Å²) in [6.45, 7) is 5.12. The predicted molar refractivity (Wildman–Crippen MR) is 136 cm³/mol. The molecular formula is C27H33F3INO2. The lowest BCUT2D eigenvalue weighted by Crippen LogP contribution is -2.40. The Morgan fingerprint density at radius 3 is 2.29 bits per heavy atom. The molecule has 3 nitrogen and oxygen atoms in total. The van der Waals surface area contributed by atoms with Gasteiger partial charge < -0.3 is 4.74 Å². The van der Waals surface area contributed by atoms with Crippen LogP contribution in [-0.2, 0) is 15.7 Å². The molecule has 7 heteroatoms. The highest BCUT2D eigenvalue weighted by Crippen LogP contribution is 2.43. The van der Waals surface area contributed by atoms with Gasteiger partial charge in [0.1, 0.15) is 0 Å². The summed E-state index contributed by atoms with van der Waals surface area (Å²) < 4.78 is 45.6. The monoisotopic (exact) mass is 587 g/mol. The molecule has 3 rings (SSSR count). The molecule has 1 heterocycles. The van der Waals surface area contributed by atoms with Gasteiger partial charge in [-0.3, -0.25) is 9.69 Å². The number of likely N-dealkylation sites (tertiary alicyclic amines) is 1. The van der Waals surface area contributed by atoms with Gasteiger partial charge in [0, 0.05) is 22.1 Å². The van der Waals surface area contributed by atoms with E-state index in [0.29, 0.717) is 12.3 Å². The van der Waals surface area contributed by atoms with Crippen molar-refractivity contribution in [3.8, 4) is 0 Å². The van der Waals surface area contributed by atoms with Gasteiger partial charge >= 0.3 is 12.1 Å². The van der Waals surface area contributed by atoms with Crippen LogP contribution in [0.4, 0.5) is 13.2 Å². The first-order valence-electron chi connectivity index (χ1n) is 11.8. The van der Waals surface area contributed by atoms with Crippen molar-refractivity contribution in [3.63, 3.8) is 0 Å². The molecule has 0 aliphatic carbocycles. The van der Waals surface area contributed by atoms with Gasteiger partial charge in [-0.25, -0.2) is 0 Å². The zero-order valence-corrected chi connectivity index (χ0v) is 22.1. The normalized spacial score (nSPS) is 20.4. The van der Waals surface area contributed by atoms with E-state index in [0.717, 1.165) is 41.4 Å². The summed E-state index contributed by atoms with van der Waals surface area (Å²) in [6.07, 6.45) is -0.438. The zero-order valence-electron chi connectivity index (χ0n) is 19.9. The quantitative estimate of drug-likeness (QED) is 0.233. The molecule has 0 amide bonds. The van der Waals surface area contributed by atoms with Crippen molar-refractivity contribution < 1.29 is 22.7 Å². The third-order valence-corrected chi connectivity index (χ3v) is 7.45. The van der Waals surface area contributed by atoms with Crippen LogP contribution in [0.25, 0.3) is 0 Å². The van der Waals surface area contributed by atoms with Crippen LogP contribution < -0.4 is 0 Å². The minimum absolute atomic E-state index is 0.00744. The van der Waals surface area contributed by atoms with Crippen LogP contribution in [0.5, 0.6) is 0 Å². The van der Waals surface area contributed by atoms with Gasteiger partial charge in [-0.2, -0.15) is 13.2 Å². The van der Waals surface area contributed by atoms with E-state index in [4.69, 9.17) is 4.74 Å². The number of methoxy groups -OCH3 is 1. The maximum Gasteiger partial charge on any atom is 0.416 e. The highest BCUT2D eigenvalue weighted by Gasteiger charge is 2.36. The van der Waals surface area contributed by atoms with Gasteiger partial charge in [0.15, 0.2) is 0 Å². The zero-order chi connectivity index (χ0) is 24.9. The Labute approximate surface area is 214 Å². The fourth-order valence-corrected chi connectivity index (χ4v) is 5.22. The highest BCUT2D eigenvalue weighted by molar-refractivity contribution is 14.1. The fraction of sp³-hybridized carbons (Fsp3) is 0.519. The molecule has 0 aromatic heterocycles. The van der Waals surface area contributed by atoms with Crippen molar-refractivity contribution in [2.75, 3.05) is 13.7 Å². The number of hydrogen-bond donors (Lipinski definition) is 0.